The average molecular weight is 473 g/mol. The lowest BCUT2D eigenvalue weighted by Crippen LogP contribution is -2.37. The number of nitrogens with zero attached hydrogens (tertiary/aromatic N) is 2. The van der Waals surface area contributed by atoms with Crippen LogP contribution in [0.25, 0.3) is 10.2 Å². The molecule has 0 saturated carbocycles. The predicted octanol–water partition coefficient (Wildman–Crippen LogP) is 4.51. The number of rotatable bonds is 9. The first-order valence-electron chi connectivity index (χ1n) is 10.9. The van der Waals surface area contributed by atoms with Crippen molar-refractivity contribution < 1.29 is 17.9 Å². The molecule has 1 aliphatic heterocycles. The van der Waals surface area contributed by atoms with Gasteiger partial charge in [0.05, 0.1) is 34.4 Å². The Kier molecular flexibility index (Phi) is 7.23. The van der Waals surface area contributed by atoms with E-state index in [1.165, 1.54) is 11.3 Å². The average Bonchev–Trinajstić information content (AvgIpc) is 3.41. The number of fused-ring (bicyclic) bond motifs is 1. The smallest absolute Gasteiger partial charge is 0.228 e. The van der Waals surface area contributed by atoms with E-state index in [4.69, 9.17) is 4.74 Å². The van der Waals surface area contributed by atoms with Crippen molar-refractivity contribution >= 4 is 42.4 Å². The molecule has 4 rings (SSSR count). The van der Waals surface area contributed by atoms with Gasteiger partial charge in [-0.15, -0.1) is 0 Å². The fourth-order valence-corrected chi connectivity index (χ4v) is 6.41. The summed E-state index contributed by atoms with van der Waals surface area (Å²) in [5.74, 6) is -0.120. The number of sulfone groups is 1. The van der Waals surface area contributed by atoms with Crippen molar-refractivity contribution in [2.45, 2.75) is 44.5 Å². The normalized spacial score (nSPS) is 16.5. The van der Waals surface area contributed by atoms with Crippen molar-refractivity contribution in [3.63, 3.8) is 0 Å². The molecule has 170 valence electrons. The minimum atomic E-state index is -3.28. The van der Waals surface area contributed by atoms with Gasteiger partial charge < -0.3 is 4.74 Å². The Balaban J connectivity index is 1.43. The van der Waals surface area contributed by atoms with Crippen molar-refractivity contribution in [1.82, 2.24) is 4.98 Å². The van der Waals surface area contributed by atoms with Gasteiger partial charge in [0.25, 0.3) is 0 Å². The first-order chi connectivity index (χ1) is 15.4. The van der Waals surface area contributed by atoms with Crippen LogP contribution in [0.3, 0.4) is 0 Å². The third kappa shape index (κ3) is 5.94. The highest BCUT2D eigenvalue weighted by Gasteiger charge is 2.26. The minimum Gasteiger partial charge on any atom is -0.376 e. The highest BCUT2D eigenvalue weighted by atomic mass is 32.2. The molecule has 1 fully saturated rings. The van der Waals surface area contributed by atoms with Gasteiger partial charge in [0.15, 0.2) is 15.0 Å². The lowest BCUT2D eigenvalue weighted by Gasteiger charge is -2.23. The fourth-order valence-electron chi connectivity index (χ4n) is 3.89. The van der Waals surface area contributed by atoms with Crippen molar-refractivity contribution in [2.24, 2.45) is 0 Å². The van der Waals surface area contributed by atoms with Crippen LogP contribution in [0.2, 0.25) is 0 Å². The zero-order valence-corrected chi connectivity index (χ0v) is 19.8. The SMILES string of the molecule is Cc1ccc2nc(N(CC3CCCO3)C(=O)CCCS(=O)(=O)Cc3ccccc3)sc2c1. The monoisotopic (exact) mass is 472 g/mol. The molecule has 1 aliphatic rings. The Hall–Kier alpha value is -2.29. The predicted molar refractivity (Wildman–Crippen MR) is 129 cm³/mol. The molecule has 6 nitrogen and oxygen atoms in total. The number of hydrogen-bond donors (Lipinski definition) is 0. The summed E-state index contributed by atoms with van der Waals surface area (Å²) in [4.78, 5) is 19.5. The van der Waals surface area contributed by atoms with Crippen LogP contribution >= 0.6 is 11.3 Å². The summed E-state index contributed by atoms with van der Waals surface area (Å²) >= 11 is 1.49. The first kappa shape index (κ1) is 22.9. The molecule has 3 aromatic rings. The van der Waals surface area contributed by atoms with E-state index in [9.17, 15) is 13.2 Å². The molecule has 1 aromatic heterocycles. The van der Waals surface area contributed by atoms with Crippen LogP contribution in [0.15, 0.2) is 48.5 Å². The number of hydrogen-bond acceptors (Lipinski definition) is 6. The Morgan fingerprint density at radius 1 is 1.22 bits per heavy atom. The molecule has 0 N–H and O–H groups in total. The van der Waals surface area contributed by atoms with E-state index < -0.39 is 9.84 Å². The Bertz CT molecular complexity index is 1170. The van der Waals surface area contributed by atoms with E-state index in [2.05, 4.69) is 11.1 Å². The second-order valence-electron chi connectivity index (χ2n) is 8.29. The molecule has 2 heterocycles. The number of amides is 1. The van der Waals surface area contributed by atoms with Crippen molar-refractivity contribution in [1.29, 1.82) is 0 Å². The summed E-state index contributed by atoms with van der Waals surface area (Å²) < 4.78 is 31.8. The van der Waals surface area contributed by atoms with Gasteiger partial charge in [-0.25, -0.2) is 13.4 Å². The van der Waals surface area contributed by atoms with Crippen molar-refractivity contribution in [2.75, 3.05) is 23.8 Å². The molecule has 1 saturated heterocycles. The summed E-state index contributed by atoms with van der Waals surface area (Å²) in [6, 6.07) is 15.2. The van der Waals surface area contributed by atoms with Gasteiger partial charge in [0.2, 0.25) is 5.91 Å². The number of aryl methyl sites for hydroxylation is 1. The number of aromatic nitrogens is 1. The molecule has 2 aromatic carbocycles. The van der Waals surface area contributed by atoms with Gasteiger partial charge in [0, 0.05) is 13.0 Å². The quantitative estimate of drug-likeness (QED) is 0.458. The molecule has 32 heavy (non-hydrogen) atoms. The molecule has 1 amide bonds. The molecular formula is C24H28N2O4S2. The number of thiazole rings is 1. The Morgan fingerprint density at radius 3 is 2.78 bits per heavy atom. The molecule has 0 radical (unpaired) electrons. The third-order valence-electron chi connectivity index (χ3n) is 5.55. The molecule has 0 bridgehead atoms. The van der Waals surface area contributed by atoms with Gasteiger partial charge >= 0.3 is 0 Å². The maximum atomic E-state index is 13.2. The van der Waals surface area contributed by atoms with E-state index in [0.717, 1.165) is 34.2 Å². The van der Waals surface area contributed by atoms with Gasteiger partial charge in [-0.05, 0) is 49.4 Å². The van der Waals surface area contributed by atoms with Crippen LogP contribution in [-0.2, 0) is 25.1 Å². The maximum absolute atomic E-state index is 13.2. The van der Waals surface area contributed by atoms with Gasteiger partial charge in [-0.3, -0.25) is 9.69 Å². The lowest BCUT2D eigenvalue weighted by atomic mass is 10.2. The number of carbonyl (C=O) groups excluding carboxylic acids is 1. The topological polar surface area (TPSA) is 76.6 Å². The van der Waals surface area contributed by atoms with Gasteiger partial charge in [-0.2, -0.15) is 0 Å². The van der Waals surface area contributed by atoms with Crippen LogP contribution in [0, 0.1) is 6.92 Å². The molecular weight excluding hydrogens is 444 g/mol. The number of ether oxygens (including phenoxy) is 1. The second-order valence-corrected chi connectivity index (χ2v) is 11.5. The van der Waals surface area contributed by atoms with E-state index in [1.54, 1.807) is 17.0 Å². The first-order valence-corrected chi connectivity index (χ1v) is 13.6. The van der Waals surface area contributed by atoms with Crippen molar-refractivity contribution in [3.8, 4) is 0 Å². The zero-order valence-electron chi connectivity index (χ0n) is 18.2. The van der Waals surface area contributed by atoms with Crippen LogP contribution in [0.1, 0.15) is 36.8 Å². The van der Waals surface area contributed by atoms with Crippen LogP contribution < -0.4 is 4.90 Å². The van der Waals surface area contributed by atoms with Gasteiger partial charge in [-0.1, -0.05) is 47.7 Å². The number of anilines is 1. The highest BCUT2D eigenvalue weighted by molar-refractivity contribution is 7.90. The Morgan fingerprint density at radius 2 is 2.03 bits per heavy atom. The molecule has 0 spiro atoms. The van der Waals surface area contributed by atoms with Gasteiger partial charge in [0.1, 0.15) is 0 Å². The molecule has 1 unspecified atom stereocenters. The Labute approximate surface area is 193 Å². The third-order valence-corrected chi connectivity index (χ3v) is 8.28. The van der Waals surface area contributed by atoms with Crippen LogP contribution in [-0.4, -0.2) is 44.3 Å². The number of benzene rings is 2. The second kappa shape index (κ2) is 10.1. The standard InChI is InChI=1S/C24H28N2O4S2/c1-18-11-12-21-22(15-18)31-24(25-21)26(16-20-9-5-13-30-20)23(27)10-6-14-32(28,29)17-19-7-3-2-4-8-19/h2-4,7-8,11-12,15,20H,5-6,9-10,13-14,16-17H2,1H3. The zero-order chi connectivity index (χ0) is 22.6. The fraction of sp³-hybridized carbons (Fsp3) is 0.417. The lowest BCUT2D eigenvalue weighted by molar-refractivity contribution is -0.119. The summed E-state index contributed by atoms with van der Waals surface area (Å²) in [6.07, 6.45) is 2.35. The molecule has 8 heteroatoms. The summed E-state index contributed by atoms with van der Waals surface area (Å²) in [6.45, 7) is 3.20. The highest BCUT2D eigenvalue weighted by Crippen LogP contribution is 2.31. The summed E-state index contributed by atoms with van der Waals surface area (Å²) in [5, 5.41) is 0.651. The van der Waals surface area contributed by atoms with Crippen LogP contribution in [0.4, 0.5) is 5.13 Å². The largest absolute Gasteiger partial charge is 0.376 e. The maximum Gasteiger partial charge on any atom is 0.228 e. The van der Waals surface area contributed by atoms with E-state index in [-0.39, 0.29) is 29.9 Å². The summed E-state index contributed by atoms with van der Waals surface area (Å²) in [7, 11) is -3.28. The molecule has 0 aliphatic carbocycles. The van der Waals surface area contributed by atoms with E-state index >= 15 is 0 Å². The van der Waals surface area contributed by atoms with Crippen LogP contribution in [0.5, 0.6) is 0 Å². The van der Waals surface area contributed by atoms with E-state index in [1.807, 2.05) is 37.3 Å². The van der Waals surface area contributed by atoms with E-state index in [0.29, 0.717) is 24.7 Å². The number of carbonyl (C=O) groups is 1. The molecule has 1 atom stereocenters. The summed E-state index contributed by atoms with van der Waals surface area (Å²) in [5.41, 5.74) is 2.78. The minimum absolute atomic E-state index is 0.00111. The van der Waals surface area contributed by atoms with Crippen molar-refractivity contribution in [3.05, 3.63) is 59.7 Å².